The van der Waals surface area contributed by atoms with Crippen molar-refractivity contribution in [2.75, 3.05) is 33.4 Å². The first kappa shape index (κ1) is 22.0. The van der Waals surface area contributed by atoms with Gasteiger partial charge in [-0.2, -0.15) is 0 Å². The fraction of sp³-hybridized carbons (Fsp3) is 0.500. The summed E-state index contributed by atoms with van der Waals surface area (Å²) in [5, 5.41) is 12.2. The van der Waals surface area contributed by atoms with Gasteiger partial charge < -0.3 is 19.6 Å². The zero-order valence-corrected chi connectivity index (χ0v) is 18.7. The van der Waals surface area contributed by atoms with E-state index >= 15 is 0 Å². The fourth-order valence-electron chi connectivity index (χ4n) is 5.25. The second-order valence-electron chi connectivity index (χ2n) is 8.43. The number of hydrogen-bond acceptors (Lipinski definition) is 5. The van der Waals surface area contributed by atoms with E-state index in [4.69, 9.17) is 4.74 Å². The molecule has 3 atom stereocenters. The summed E-state index contributed by atoms with van der Waals surface area (Å²) in [6.07, 6.45) is 2.86. The van der Waals surface area contributed by atoms with Crippen LogP contribution in [-0.4, -0.2) is 65.7 Å². The summed E-state index contributed by atoms with van der Waals surface area (Å²) in [5.41, 5.74) is 0.0167. The van der Waals surface area contributed by atoms with Gasteiger partial charge in [0.25, 0.3) is 5.91 Å². The van der Waals surface area contributed by atoms with E-state index < -0.39 is 5.54 Å². The van der Waals surface area contributed by atoms with Crippen LogP contribution in [0.15, 0.2) is 47.8 Å². The van der Waals surface area contributed by atoms with Gasteiger partial charge in [0.2, 0.25) is 5.91 Å². The topological polar surface area (TPSA) is 70.1 Å². The summed E-state index contributed by atoms with van der Waals surface area (Å²) in [6, 6.07) is 13.2. The SMILES string of the molecule is COCCN1CCCC[C@]2(C[C@H](CO)[C@H](c3ccccc3)N2C(=O)c2cccs2)C1=O. The van der Waals surface area contributed by atoms with Gasteiger partial charge in [-0.1, -0.05) is 36.4 Å². The van der Waals surface area contributed by atoms with Crippen LogP contribution in [0.2, 0.25) is 0 Å². The summed E-state index contributed by atoms with van der Waals surface area (Å²) in [6.45, 7) is 1.58. The molecule has 2 aliphatic rings. The smallest absolute Gasteiger partial charge is 0.265 e. The third kappa shape index (κ3) is 4.02. The summed E-state index contributed by atoms with van der Waals surface area (Å²) >= 11 is 1.39. The Labute approximate surface area is 187 Å². The van der Waals surface area contributed by atoms with Crippen LogP contribution in [0, 0.1) is 5.92 Å². The molecular weight excluding hydrogens is 412 g/mol. The fourth-order valence-corrected chi connectivity index (χ4v) is 5.91. The van der Waals surface area contributed by atoms with E-state index in [1.165, 1.54) is 11.3 Å². The lowest BCUT2D eigenvalue weighted by Crippen LogP contribution is -2.58. The number of ether oxygens (including phenoxy) is 1. The van der Waals surface area contributed by atoms with Crippen LogP contribution in [0.3, 0.4) is 0 Å². The Morgan fingerprint density at radius 2 is 2.03 bits per heavy atom. The highest BCUT2D eigenvalue weighted by Gasteiger charge is 2.59. The first-order chi connectivity index (χ1) is 15.1. The minimum atomic E-state index is -0.945. The van der Waals surface area contributed by atoms with Gasteiger partial charge in [0, 0.05) is 32.7 Å². The number of hydrogen-bond donors (Lipinski definition) is 1. The monoisotopic (exact) mass is 442 g/mol. The Morgan fingerprint density at radius 3 is 2.71 bits per heavy atom. The number of aliphatic hydroxyl groups is 1. The van der Waals surface area contributed by atoms with Crippen LogP contribution in [0.5, 0.6) is 0 Å². The number of benzene rings is 1. The molecule has 2 aliphatic heterocycles. The maximum Gasteiger partial charge on any atom is 0.265 e. The van der Waals surface area contributed by atoms with E-state index in [1.54, 1.807) is 7.11 Å². The third-order valence-electron chi connectivity index (χ3n) is 6.63. The molecule has 0 bridgehead atoms. The zero-order valence-electron chi connectivity index (χ0n) is 17.9. The highest BCUT2D eigenvalue weighted by atomic mass is 32.1. The first-order valence-corrected chi connectivity index (χ1v) is 11.8. The minimum absolute atomic E-state index is 0.0103. The average molecular weight is 443 g/mol. The Bertz CT molecular complexity index is 888. The minimum Gasteiger partial charge on any atom is -0.396 e. The number of thiophene rings is 1. The Balaban J connectivity index is 1.82. The van der Waals surface area contributed by atoms with Crippen LogP contribution in [0.1, 0.15) is 47.0 Å². The molecule has 31 heavy (non-hydrogen) atoms. The van der Waals surface area contributed by atoms with Crippen molar-refractivity contribution in [3.8, 4) is 0 Å². The van der Waals surface area contributed by atoms with Gasteiger partial charge in [0.1, 0.15) is 5.54 Å². The molecule has 0 unspecified atom stereocenters. The number of carbonyl (C=O) groups is 2. The maximum atomic E-state index is 14.0. The van der Waals surface area contributed by atoms with Gasteiger partial charge in [-0.15, -0.1) is 11.3 Å². The van der Waals surface area contributed by atoms with Crippen LogP contribution in [0.25, 0.3) is 0 Å². The summed E-state index contributed by atoms with van der Waals surface area (Å²) in [7, 11) is 1.63. The van der Waals surface area contributed by atoms with Crippen molar-refractivity contribution in [2.45, 2.75) is 37.3 Å². The number of aliphatic hydroxyl groups excluding tert-OH is 1. The molecule has 6 nitrogen and oxygen atoms in total. The molecule has 2 aromatic rings. The van der Waals surface area contributed by atoms with Crippen molar-refractivity contribution < 1.29 is 19.4 Å². The van der Waals surface area contributed by atoms with Crippen LogP contribution >= 0.6 is 11.3 Å². The molecule has 2 fully saturated rings. The lowest BCUT2D eigenvalue weighted by Gasteiger charge is -2.41. The van der Waals surface area contributed by atoms with E-state index in [-0.39, 0.29) is 30.4 Å². The van der Waals surface area contributed by atoms with Gasteiger partial charge >= 0.3 is 0 Å². The molecule has 1 N–H and O–H groups in total. The summed E-state index contributed by atoms with van der Waals surface area (Å²) in [4.78, 5) is 32.2. The molecule has 1 aromatic carbocycles. The van der Waals surface area contributed by atoms with Gasteiger partial charge in [-0.3, -0.25) is 9.59 Å². The zero-order chi connectivity index (χ0) is 21.8. The standard InChI is InChI=1S/C24H30N2O4S/c1-30-14-13-25-12-6-5-11-24(23(25)29)16-19(17-27)21(18-8-3-2-4-9-18)26(24)22(28)20-10-7-15-31-20/h2-4,7-10,15,19,21,27H,5-6,11-14,16-17H2,1H3/t19-,21+,24+/m1/s1. The molecule has 166 valence electrons. The lowest BCUT2D eigenvalue weighted by molar-refractivity contribution is -0.142. The molecule has 2 amide bonds. The van der Waals surface area contributed by atoms with Crippen molar-refractivity contribution in [3.63, 3.8) is 0 Å². The van der Waals surface area contributed by atoms with Crippen LogP contribution < -0.4 is 0 Å². The van der Waals surface area contributed by atoms with Crippen molar-refractivity contribution >= 4 is 23.2 Å². The number of nitrogens with zero attached hydrogens (tertiary/aromatic N) is 2. The van der Waals surface area contributed by atoms with E-state index in [0.29, 0.717) is 37.4 Å². The summed E-state index contributed by atoms with van der Waals surface area (Å²) in [5.74, 6) is -0.330. The van der Waals surface area contributed by atoms with Crippen molar-refractivity contribution in [1.82, 2.24) is 9.80 Å². The predicted molar refractivity (Wildman–Crippen MR) is 120 cm³/mol. The Kier molecular flexibility index (Phi) is 6.74. The number of rotatable bonds is 6. The molecule has 7 heteroatoms. The van der Waals surface area contributed by atoms with Crippen molar-refractivity contribution in [3.05, 3.63) is 58.3 Å². The Hall–Kier alpha value is -2.22. The largest absolute Gasteiger partial charge is 0.396 e. The van der Waals surface area contributed by atoms with Gasteiger partial charge in [-0.05, 0) is 42.7 Å². The number of likely N-dealkylation sites (tertiary alicyclic amines) is 2. The second-order valence-corrected chi connectivity index (χ2v) is 9.38. The van der Waals surface area contributed by atoms with Gasteiger partial charge in [-0.25, -0.2) is 0 Å². The van der Waals surface area contributed by atoms with E-state index in [2.05, 4.69) is 0 Å². The number of carbonyl (C=O) groups excluding carboxylic acids is 2. The molecule has 4 rings (SSSR count). The third-order valence-corrected chi connectivity index (χ3v) is 7.49. The highest BCUT2D eigenvalue weighted by molar-refractivity contribution is 7.12. The molecular formula is C24H30N2O4S. The van der Waals surface area contributed by atoms with Gasteiger partial charge in [0.15, 0.2) is 0 Å². The predicted octanol–water partition coefficient (Wildman–Crippen LogP) is 3.34. The molecule has 1 spiro atoms. The number of amides is 2. The van der Waals surface area contributed by atoms with E-state index in [9.17, 15) is 14.7 Å². The van der Waals surface area contributed by atoms with Crippen molar-refractivity contribution in [1.29, 1.82) is 0 Å². The molecule has 2 saturated heterocycles. The lowest BCUT2D eigenvalue weighted by atomic mass is 9.85. The van der Waals surface area contributed by atoms with E-state index in [1.807, 2.05) is 57.6 Å². The molecule has 0 radical (unpaired) electrons. The number of methoxy groups -OCH3 is 1. The van der Waals surface area contributed by atoms with E-state index in [0.717, 1.165) is 18.4 Å². The molecule has 3 heterocycles. The molecule has 0 aliphatic carbocycles. The van der Waals surface area contributed by atoms with Gasteiger partial charge in [0.05, 0.1) is 17.5 Å². The van der Waals surface area contributed by atoms with Crippen molar-refractivity contribution in [2.24, 2.45) is 5.92 Å². The highest BCUT2D eigenvalue weighted by Crippen LogP contribution is 2.51. The average Bonchev–Trinajstić information content (AvgIpc) is 3.42. The summed E-state index contributed by atoms with van der Waals surface area (Å²) < 4.78 is 5.24. The first-order valence-electron chi connectivity index (χ1n) is 10.9. The van der Waals surface area contributed by atoms with Crippen LogP contribution in [0.4, 0.5) is 0 Å². The normalized spacial score (nSPS) is 26.5. The molecule has 1 aromatic heterocycles. The maximum absolute atomic E-state index is 14.0. The second kappa shape index (κ2) is 9.51. The molecule has 0 saturated carbocycles. The Morgan fingerprint density at radius 1 is 1.23 bits per heavy atom. The quantitative estimate of drug-likeness (QED) is 0.745. The van der Waals surface area contributed by atoms with Crippen LogP contribution in [-0.2, 0) is 9.53 Å².